The smallest absolute Gasteiger partial charge is 0.234 e. The second-order valence-electron chi connectivity index (χ2n) is 5.21. The van der Waals surface area contributed by atoms with E-state index in [1.165, 1.54) is 24.9 Å². The fourth-order valence-corrected chi connectivity index (χ4v) is 2.39. The van der Waals surface area contributed by atoms with Gasteiger partial charge in [0, 0.05) is 24.5 Å². The van der Waals surface area contributed by atoms with Gasteiger partial charge in [0.1, 0.15) is 0 Å². The molecule has 1 heterocycles. The zero-order valence-electron chi connectivity index (χ0n) is 11.8. The number of carbonyl (C=O) groups is 1. The molecule has 0 aliphatic carbocycles. The van der Waals surface area contributed by atoms with Crippen LogP contribution in [-0.4, -0.2) is 24.0 Å². The molecule has 2 rings (SSSR count). The number of nitrogens with zero attached hydrogens (tertiary/aromatic N) is 1. The molecule has 4 nitrogen and oxygen atoms in total. The van der Waals surface area contributed by atoms with E-state index in [1.807, 2.05) is 24.3 Å². The number of piperidine rings is 1. The molecular weight excluding hydrogens is 270 g/mol. The lowest BCUT2D eigenvalue weighted by Crippen LogP contribution is -2.31. The minimum Gasteiger partial charge on any atom is -0.393 e. The van der Waals surface area contributed by atoms with E-state index in [4.69, 9.17) is 18.0 Å². The molecule has 0 bridgehead atoms. The van der Waals surface area contributed by atoms with E-state index in [0.29, 0.717) is 0 Å². The van der Waals surface area contributed by atoms with Crippen LogP contribution in [0.3, 0.4) is 0 Å². The Morgan fingerprint density at radius 1 is 1.25 bits per heavy atom. The van der Waals surface area contributed by atoms with Crippen molar-refractivity contribution in [1.29, 1.82) is 0 Å². The monoisotopic (exact) mass is 291 g/mol. The van der Waals surface area contributed by atoms with Crippen LogP contribution in [0.5, 0.6) is 0 Å². The molecule has 5 heteroatoms. The van der Waals surface area contributed by atoms with Crippen LogP contribution in [0, 0.1) is 5.92 Å². The number of hydrogen-bond donors (Lipinski definition) is 2. The number of thiocarbonyl (C=S) groups is 1. The van der Waals surface area contributed by atoms with Crippen LogP contribution in [0.15, 0.2) is 24.3 Å². The summed E-state index contributed by atoms with van der Waals surface area (Å²) >= 11 is 4.83. The topological polar surface area (TPSA) is 58.4 Å². The minimum atomic E-state index is -0.452. The average Bonchev–Trinajstić information content (AvgIpc) is 2.48. The molecule has 1 aliphatic heterocycles. The summed E-state index contributed by atoms with van der Waals surface area (Å²) < 4.78 is 0. The maximum Gasteiger partial charge on any atom is 0.234 e. The quantitative estimate of drug-likeness (QED) is 0.837. The summed E-state index contributed by atoms with van der Waals surface area (Å²) in [6, 6.07) is 7.95. The van der Waals surface area contributed by atoms with Crippen molar-refractivity contribution >= 4 is 34.5 Å². The Labute approximate surface area is 125 Å². The van der Waals surface area contributed by atoms with Gasteiger partial charge in [-0.1, -0.05) is 12.2 Å². The largest absolute Gasteiger partial charge is 0.393 e. The van der Waals surface area contributed by atoms with Gasteiger partial charge in [0.15, 0.2) is 0 Å². The zero-order valence-corrected chi connectivity index (χ0v) is 12.6. The Morgan fingerprint density at radius 2 is 1.85 bits per heavy atom. The van der Waals surface area contributed by atoms with Gasteiger partial charge < -0.3 is 16.0 Å². The van der Waals surface area contributed by atoms with Crippen molar-refractivity contribution < 1.29 is 4.79 Å². The number of anilines is 2. The highest BCUT2D eigenvalue weighted by Gasteiger charge is 2.16. The maximum atomic E-state index is 11.9. The van der Waals surface area contributed by atoms with Crippen LogP contribution in [0.25, 0.3) is 0 Å². The first-order chi connectivity index (χ1) is 9.58. The highest BCUT2D eigenvalue weighted by Crippen LogP contribution is 2.22. The Bertz CT molecular complexity index is 480. The summed E-state index contributed by atoms with van der Waals surface area (Å²) in [4.78, 5) is 14.4. The molecule has 20 heavy (non-hydrogen) atoms. The van der Waals surface area contributed by atoms with Gasteiger partial charge in [0.2, 0.25) is 5.91 Å². The lowest BCUT2D eigenvalue weighted by Gasteiger charge is -2.28. The van der Waals surface area contributed by atoms with Crippen LogP contribution in [0.2, 0.25) is 0 Å². The third kappa shape index (κ3) is 3.70. The van der Waals surface area contributed by atoms with Gasteiger partial charge >= 0.3 is 0 Å². The average molecular weight is 291 g/mol. The molecule has 1 aromatic rings. The molecule has 108 valence electrons. The molecule has 0 saturated carbocycles. The lowest BCUT2D eigenvalue weighted by molar-refractivity contribution is -0.117. The Balaban J connectivity index is 1.97. The molecule has 1 unspecified atom stereocenters. The van der Waals surface area contributed by atoms with Gasteiger partial charge in [0.25, 0.3) is 0 Å². The molecule has 3 N–H and O–H groups in total. The van der Waals surface area contributed by atoms with Gasteiger partial charge in [-0.3, -0.25) is 4.79 Å². The zero-order chi connectivity index (χ0) is 14.5. The Hall–Kier alpha value is -1.62. The third-order valence-corrected chi connectivity index (χ3v) is 4.03. The van der Waals surface area contributed by atoms with Crippen molar-refractivity contribution in [2.75, 3.05) is 23.3 Å². The standard InChI is InChI=1S/C15H21N3OS/c1-11(14(16)20)15(19)17-12-5-7-13(8-6-12)18-9-3-2-4-10-18/h5-8,11H,2-4,9-10H2,1H3,(H2,16,20)(H,17,19). The van der Waals surface area contributed by atoms with Crippen molar-refractivity contribution in [2.45, 2.75) is 26.2 Å². The highest BCUT2D eigenvalue weighted by molar-refractivity contribution is 7.80. The van der Waals surface area contributed by atoms with E-state index in [0.717, 1.165) is 18.8 Å². The number of amides is 1. The number of nitrogens with one attached hydrogen (secondary N) is 1. The van der Waals surface area contributed by atoms with Crippen molar-refractivity contribution in [3.63, 3.8) is 0 Å². The van der Waals surface area contributed by atoms with Crippen LogP contribution >= 0.6 is 12.2 Å². The van der Waals surface area contributed by atoms with Crippen LogP contribution in [-0.2, 0) is 4.79 Å². The number of rotatable bonds is 4. The van der Waals surface area contributed by atoms with Gasteiger partial charge in [-0.15, -0.1) is 0 Å². The fraction of sp³-hybridized carbons (Fsp3) is 0.467. The predicted molar refractivity (Wildman–Crippen MR) is 87.1 cm³/mol. The second kappa shape index (κ2) is 6.70. The summed E-state index contributed by atoms with van der Waals surface area (Å²) in [6.45, 7) is 3.94. The molecular formula is C15H21N3OS. The van der Waals surface area contributed by atoms with Crippen LogP contribution in [0.1, 0.15) is 26.2 Å². The van der Waals surface area contributed by atoms with Gasteiger partial charge in [-0.2, -0.15) is 0 Å². The normalized spacial score (nSPS) is 16.6. The molecule has 0 spiro atoms. The maximum absolute atomic E-state index is 11.9. The summed E-state index contributed by atoms with van der Waals surface area (Å²) in [5, 5.41) is 2.83. The Morgan fingerprint density at radius 3 is 2.40 bits per heavy atom. The lowest BCUT2D eigenvalue weighted by atomic mass is 10.1. The Kier molecular flexibility index (Phi) is 4.95. The third-order valence-electron chi connectivity index (χ3n) is 3.68. The SMILES string of the molecule is CC(C(=O)Nc1ccc(N2CCCCC2)cc1)C(N)=S. The summed E-state index contributed by atoms with van der Waals surface area (Å²) in [6.07, 6.45) is 3.83. The first kappa shape index (κ1) is 14.8. The van der Waals surface area contributed by atoms with Crippen molar-refractivity contribution in [1.82, 2.24) is 0 Å². The molecule has 1 aromatic carbocycles. The number of benzene rings is 1. The summed E-state index contributed by atoms with van der Waals surface area (Å²) in [5.74, 6) is -0.616. The minimum absolute atomic E-state index is 0.164. The molecule has 1 amide bonds. The van der Waals surface area contributed by atoms with Gasteiger partial charge in [-0.25, -0.2) is 0 Å². The second-order valence-corrected chi connectivity index (χ2v) is 5.68. The molecule has 0 aromatic heterocycles. The van der Waals surface area contributed by atoms with Crippen molar-refractivity contribution in [2.24, 2.45) is 11.7 Å². The first-order valence-corrected chi connectivity index (χ1v) is 7.44. The van der Waals surface area contributed by atoms with Gasteiger partial charge in [0.05, 0.1) is 10.9 Å². The predicted octanol–water partition coefficient (Wildman–Crippen LogP) is 2.54. The fourth-order valence-electron chi connectivity index (χ4n) is 2.29. The molecule has 1 fully saturated rings. The number of hydrogen-bond acceptors (Lipinski definition) is 3. The van der Waals surface area contributed by atoms with Crippen molar-refractivity contribution in [3.05, 3.63) is 24.3 Å². The van der Waals surface area contributed by atoms with E-state index in [1.54, 1.807) is 6.92 Å². The van der Waals surface area contributed by atoms with Crippen LogP contribution in [0.4, 0.5) is 11.4 Å². The molecule has 0 radical (unpaired) electrons. The van der Waals surface area contributed by atoms with Crippen molar-refractivity contribution in [3.8, 4) is 0 Å². The van der Waals surface area contributed by atoms with E-state index < -0.39 is 5.92 Å². The molecule has 1 atom stereocenters. The van der Waals surface area contributed by atoms with Crippen LogP contribution < -0.4 is 16.0 Å². The summed E-state index contributed by atoms with van der Waals surface area (Å²) in [7, 11) is 0. The van der Waals surface area contributed by atoms with E-state index in [9.17, 15) is 4.79 Å². The number of nitrogens with two attached hydrogens (primary N) is 1. The van der Waals surface area contributed by atoms with Gasteiger partial charge in [-0.05, 0) is 50.5 Å². The van der Waals surface area contributed by atoms with E-state index in [-0.39, 0.29) is 10.9 Å². The first-order valence-electron chi connectivity index (χ1n) is 7.03. The molecule has 1 saturated heterocycles. The highest BCUT2D eigenvalue weighted by atomic mass is 32.1. The molecule has 1 aliphatic rings. The van der Waals surface area contributed by atoms with E-state index >= 15 is 0 Å². The number of carbonyl (C=O) groups excluding carboxylic acids is 1. The van der Waals surface area contributed by atoms with E-state index in [2.05, 4.69) is 10.2 Å². The summed E-state index contributed by atoms with van der Waals surface area (Å²) in [5.41, 5.74) is 7.47.